The number of esters is 1. The van der Waals surface area contributed by atoms with E-state index in [4.69, 9.17) is 9.47 Å². The molecule has 3 heteroatoms. The highest BCUT2D eigenvalue weighted by atomic mass is 16.6. The van der Waals surface area contributed by atoms with Crippen molar-refractivity contribution in [1.82, 2.24) is 0 Å². The highest BCUT2D eigenvalue weighted by Crippen LogP contribution is 2.39. The molecule has 1 heterocycles. The predicted octanol–water partition coefficient (Wildman–Crippen LogP) is 5.28. The van der Waals surface area contributed by atoms with E-state index in [1.54, 1.807) is 0 Å². The first-order valence-corrected chi connectivity index (χ1v) is 9.68. The largest absolute Gasteiger partial charge is 0.423 e. The minimum Gasteiger partial charge on any atom is -0.423 e. The second-order valence-electron chi connectivity index (χ2n) is 7.73. The lowest BCUT2D eigenvalue weighted by molar-refractivity contribution is 0.0734. The topological polar surface area (TPSA) is 38.8 Å². The quantitative estimate of drug-likeness (QED) is 0.418. The van der Waals surface area contributed by atoms with Crippen LogP contribution in [0.4, 0.5) is 0 Å². The number of ether oxygens (including phenoxy) is 2. The fourth-order valence-corrected chi connectivity index (χ4v) is 3.97. The molecule has 0 N–H and O–H groups in total. The predicted molar refractivity (Wildman–Crippen MR) is 102 cm³/mol. The molecule has 2 fully saturated rings. The van der Waals surface area contributed by atoms with E-state index in [-0.39, 0.29) is 5.97 Å². The van der Waals surface area contributed by atoms with Gasteiger partial charge in [0.2, 0.25) is 0 Å². The lowest BCUT2D eigenvalue weighted by Gasteiger charge is -2.28. The summed E-state index contributed by atoms with van der Waals surface area (Å²) in [4.78, 5) is 12.3. The molecule has 2 aliphatic rings. The highest BCUT2D eigenvalue weighted by molar-refractivity contribution is 5.91. The molecular weight excluding hydrogens is 324 g/mol. The standard InChI is InChI=1S/C23H26O3/c1-16-2-12-21(13-3-16)26-23(24)20-10-8-19(9-11-20)18-6-4-17(5-7-18)14-22-15-25-22/h2-3,8-13,17-18,22H,4-7,14-15H2,1H3. The van der Waals surface area contributed by atoms with Crippen LogP contribution < -0.4 is 4.74 Å². The molecular formula is C23H26O3. The number of carbonyl (C=O) groups is 1. The molecule has 2 aromatic carbocycles. The van der Waals surface area contributed by atoms with Crippen LogP contribution in [0.2, 0.25) is 0 Å². The minimum absolute atomic E-state index is 0.298. The maximum atomic E-state index is 12.3. The van der Waals surface area contributed by atoms with Gasteiger partial charge in [-0.3, -0.25) is 0 Å². The second-order valence-corrected chi connectivity index (χ2v) is 7.73. The third-order valence-corrected chi connectivity index (χ3v) is 5.69. The first kappa shape index (κ1) is 17.3. The van der Waals surface area contributed by atoms with Crippen LogP contribution in [0, 0.1) is 12.8 Å². The summed E-state index contributed by atoms with van der Waals surface area (Å²) < 4.78 is 10.8. The van der Waals surface area contributed by atoms with E-state index in [2.05, 4.69) is 12.1 Å². The van der Waals surface area contributed by atoms with E-state index < -0.39 is 0 Å². The highest BCUT2D eigenvalue weighted by Gasteiger charge is 2.29. The number of carbonyl (C=O) groups excluding carboxylic acids is 1. The number of aryl methyl sites for hydroxylation is 1. The number of benzene rings is 2. The second kappa shape index (κ2) is 7.63. The molecule has 1 aliphatic heterocycles. The van der Waals surface area contributed by atoms with Gasteiger partial charge in [-0.2, -0.15) is 0 Å². The zero-order chi connectivity index (χ0) is 17.9. The van der Waals surface area contributed by atoms with Crippen LogP contribution >= 0.6 is 0 Å². The summed E-state index contributed by atoms with van der Waals surface area (Å²) >= 11 is 0. The van der Waals surface area contributed by atoms with E-state index in [9.17, 15) is 4.79 Å². The molecule has 0 radical (unpaired) electrons. The van der Waals surface area contributed by atoms with Crippen LogP contribution in [0.3, 0.4) is 0 Å². The molecule has 136 valence electrons. The van der Waals surface area contributed by atoms with Gasteiger partial charge in [0.15, 0.2) is 0 Å². The summed E-state index contributed by atoms with van der Waals surface area (Å²) in [5.41, 5.74) is 3.10. The average Bonchev–Trinajstić information content (AvgIpc) is 3.48. The van der Waals surface area contributed by atoms with Crippen molar-refractivity contribution in [3.05, 3.63) is 65.2 Å². The molecule has 2 aromatic rings. The summed E-state index contributed by atoms with van der Waals surface area (Å²) in [5, 5.41) is 0. The van der Waals surface area contributed by atoms with Crippen molar-refractivity contribution < 1.29 is 14.3 Å². The van der Waals surface area contributed by atoms with Crippen molar-refractivity contribution in [2.45, 2.75) is 51.0 Å². The average molecular weight is 350 g/mol. The molecule has 1 saturated carbocycles. The van der Waals surface area contributed by atoms with Gasteiger partial charge in [0.05, 0.1) is 18.3 Å². The van der Waals surface area contributed by atoms with Crippen molar-refractivity contribution in [2.75, 3.05) is 6.61 Å². The van der Waals surface area contributed by atoms with E-state index in [0.717, 1.165) is 18.1 Å². The molecule has 1 saturated heterocycles. The summed E-state index contributed by atoms with van der Waals surface area (Å²) in [6, 6.07) is 15.5. The molecule has 0 spiro atoms. The Morgan fingerprint density at radius 1 is 1.00 bits per heavy atom. The molecule has 1 aliphatic carbocycles. The fraction of sp³-hybridized carbons (Fsp3) is 0.435. The number of epoxide rings is 1. The summed E-state index contributed by atoms with van der Waals surface area (Å²) in [6.45, 7) is 2.98. The number of hydrogen-bond acceptors (Lipinski definition) is 3. The van der Waals surface area contributed by atoms with Crippen LogP contribution in [0.1, 0.15) is 59.5 Å². The van der Waals surface area contributed by atoms with Gasteiger partial charge in [-0.25, -0.2) is 4.79 Å². The van der Waals surface area contributed by atoms with Crippen molar-refractivity contribution >= 4 is 5.97 Å². The molecule has 0 amide bonds. The van der Waals surface area contributed by atoms with Gasteiger partial charge in [-0.15, -0.1) is 0 Å². The normalized spacial score (nSPS) is 24.9. The fourth-order valence-electron chi connectivity index (χ4n) is 3.97. The van der Waals surface area contributed by atoms with Crippen molar-refractivity contribution in [2.24, 2.45) is 5.92 Å². The van der Waals surface area contributed by atoms with Crippen molar-refractivity contribution in [3.8, 4) is 5.75 Å². The van der Waals surface area contributed by atoms with E-state index in [0.29, 0.717) is 23.3 Å². The van der Waals surface area contributed by atoms with Gasteiger partial charge >= 0.3 is 5.97 Å². The Hall–Kier alpha value is -2.13. The van der Waals surface area contributed by atoms with Crippen LogP contribution in [-0.4, -0.2) is 18.7 Å². The maximum Gasteiger partial charge on any atom is 0.343 e. The third-order valence-electron chi connectivity index (χ3n) is 5.69. The van der Waals surface area contributed by atoms with E-state index in [1.165, 1.54) is 37.7 Å². The molecule has 3 nitrogen and oxygen atoms in total. The minimum atomic E-state index is -0.298. The Morgan fingerprint density at radius 3 is 2.27 bits per heavy atom. The molecule has 1 unspecified atom stereocenters. The number of hydrogen-bond donors (Lipinski definition) is 0. The Morgan fingerprint density at radius 2 is 1.65 bits per heavy atom. The Bertz CT molecular complexity index is 736. The van der Waals surface area contributed by atoms with Crippen LogP contribution in [0.15, 0.2) is 48.5 Å². The van der Waals surface area contributed by atoms with Gasteiger partial charge in [0.1, 0.15) is 5.75 Å². The van der Waals surface area contributed by atoms with Crippen LogP contribution in [0.25, 0.3) is 0 Å². The number of rotatable bonds is 5. The molecule has 4 rings (SSSR count). The molecule has 0 bridgehead atoms. The molecule has 26 heavy (non-hydrogen) atoms. The SMILES string of the molecule is Cc1ccc(OC(=O)c2ccc(C3CCC(CC4CO4)CC3)cc2)cc1. The van der Waals surface area contributed by atoms with E-state index >= 15 is 0 Å². The van der Waals surface area contributed by atoms with E-state index in [1.807, 2.05) is 43.3 Å². The molecule has 1 atom stereocenters. The van der Waals surface area contributed by atoms with Gasteiger partial charge < -0.3 is 9.47 Å². The van der Waals surface area contributed by atoms with Gasteiger partial charge in [0, 0.05) is 0 Å². The van der Waals surface area contributed by atoms with Crippen molar-refractivity contribution in [3.63, 3.8) is 0 Å². The molecule has 0 aromatic heterocycles. The first-order valence-electron chi connectivity index (χ1n) is 9.68. The lowest BCUT2D eigenvalue weighted by atomic mass is 9.77. The van der Waals surface area contributed by atoms with Gasteiger partial charge in [0.25, 0.3) is 0 Å². The first-order chi connectivity index (χ1) is 12.7. The maximum absolute atomic E-state index is 12.3. The monoisotopic (exact) mass is 350 g/mol. The van der Waals surface area contributed by atoms with Crippen LogP contribution in [-0.2, 0) is 4.74 Å². The Labute approximate surface area is 155 Å². The zero-order valence-electron chi connectivity index (χ0n) is 15.3. The summed E-state index contributed by atoms with van der Waals surface area (Å²) in [7, 11) is 0. The van der Waals surface area contributed by atoms with Gasteiger partial charge in [-0.1, -0.05) is 29.8 Å². The third kappa shape index (κ3) is 4.34. The Kier molecular flexibility index (Phi) is 5.07. The van der Waals surface area contributed by atoms with Gasteiger partial charge in [-0.05, 0) is 80.7 Å². The van der Waals surface area contributed by atoms with Crippen LogP contribution in [0.5, 0.6) is 5.75 Å². The van der Waals surface area contributed by atoms with Crippen molar-refractivity contribution in [1.29, 1.82) is 0 Å². The summed E-state index contributed by atoms with van der Waals surface area (Å²) in [6.07, 6.45) is 6.87. The smallest absolute Gasteiger partial charge is 0.343 e. The summed E-state index contributed by atoms with van der Waals surface area (Å²) in [5.74, 6) is 1.74. The lowest BCUT2D eigenvalue weighted by Crippen LogP contribution is -2.15. The zero-order valence-corrected chi connectivity index (χ0v) is 15.3. The Balaban J connectivity index is 1.32.